The summed E-state index contributed by atoms with van der Waals surface area (Å²) >= 11 is 0. The fraction of sp³-hybridized carbons (Fsp3) is 0.385. The number of carbonyl (C=O) groups excluding carboxylic acids is 1. The molecule has 1 rings (SSSR count). The molecule has 1 aromatic rings. The van der Waals surface area contributed by atoms with Crippen LogP contribution in [-0.4, -0.2) is 30.0 Å². The highest BCUT2D eigenvalue weighted by molar-refractivity contribution is 5.81. The van der Waals surface area contributed by atoms with Crippen LogP contribution in [0.2, 0.25) is 0 Å². The van der Waals surface area contributed by atoms with Crippen LogP contribution in [-0.2, 0) is 4.79 Å². The Bertz CT molecular complexity index is 398. The lowest BCUT2D eigenvalue weighted by Gasteiger charge is -2.22. The molecule has 4 heteroatoms. The van der Waals surface area contributed by atoms with Gasteiger partial charge in [-0.1, -0.05) is 18.2 Å². The Hall–Kier alpha value is -2.02. The van der Waals surface area contributed by atoms with Crippen LogP contribution in [0.15, 0.2) is 30.3 Å². The lowest BCUT2D eigenvalue weighted by Crippen LogP contribution is -2.40. The minimum atomic E-state index is -0.578. The summed E-state index contributed by atoms with van der Waals surface area (Å²) in [6.45, 7) is 4.13. The summed E-state index contributed by atoms with van der Waals surface area (Å²) in [4.78, 5) is 13.4. The summed E-state index contributed by atoms with van der Waals surface area (Å²) < 4.78 is 5.50. The second kappa shape index (κ2) is 6.54. The molecule has 0 radical (unpaired) electrons. The molecule has 0 bridgehead atoms. The molecule has 1 atom stereocenters. The molecule has 0 aliphatic carbocycles. The van der Waals surface area contributed by atoms with Crippen LogP contribution in [0.1, 0.15) is 13.8 Å². The standard InChI is InChI=1S/C13H16N2O2/c1-3-15(10-9-14)13(16)11(2)17-12-7-5-4-6-8-12/h4-8,11H,3,10H2,1-2H3. The number of ether oxygens (including phenoxy) is 1. The Kier molecular flexibility index (Phi) is 5.02. The zero-order valence-corrected chi connectivity index (χ0v) is 10.1. The van der Waals surface area contributed by atoms with E-state index in [-0.39, 0.29) is 12.5 Å². The summed E-state index contributed by atoms with van der Waals surface area (Å²) in [5, 5.41) is 8.60. The second-order valence-corrected chi connectivity index (χ2v) is 3.58. The van der Waals surface area contributed by atoms with E-state index in [1.54, 1.807) is 19.1 Å². The van der Waals surface area contributed by atoms with Crippen molar-refractivity contribution in [2.75, 3.05) is 13.1 Å². The number of carbonyl (C=O) groups is 1. The number of nitriles is 1. The molecule has 90 valence electrons. The first kappa shape index (κ1) is 13.0. The highest BCUT2D eigenvalue weighted by Gasteiger charge is 2.20. The van der Waals surface area contributed by atoms with Gasteiger partial charge < -0.3 is 9.64 Å². The molecule has 0 spiro atoms. The van der Waals surface area contributed by atoms with Crippen molar-refractivity contribution in [3.05, 3.63) is 30.3 Å². The Morgan fingerprint density at radius 2 is 2.12 bits per heavy atom. The Morgan fingerprint density at radius 3 is 2.65 bits per heavy atom. The molecule has 1 amide bonds. The van der Waals surface area contributed by atoms with Crippen LogP contribution in [0.25, 0.3) is 0 Å². The van der Waals surface area contributed by atoms with Gasteiger partial charge in [0, 0.05) is 6.54 Å². The smallest absolute Gasteiger partial charge is 0.264 e. The minimum absolute atomic E-state index is 0.0951. The highest BCUT2D eigenvalue weighted by Crippen LogP contribution is 2.11. The van der Waals surface area contributed by atoms with Gasteiger partial charge in [0.05, 0.1) is 6.07 Å². The minimum Gasteiger partial charge on any atom is -0.481 e. The van der Waals surface area contributed by atoms with E-state index >= 15 is 0 Å². The molecule has 1 aromatic carbocycles. The zero-order chi connectivity index (χ0) is 12.7. The largest absolute Gasteiger partial charge is 0.481 e. The van der Waals surface area contributed by atoms with Crippen molar-refractivity contribution < 1.29 is 9.53 Å². The van der Waals surface area contributed by atoms with Crippen molar-refractivity contribution in [1.82, 2.24) is 4.90 Å². The van der Waals surface area contributed by atoms with E-state index in [0.29, 0.717) is 12.3 Å². The maximum absolute atomic E-state index is 11.9. The molecule has 0 heterocycles. The van der Waals surface area contributed by atoms with E-state index in [2.05, 4.69) is 0 Å². The first-order valence-corrected chi connectivity index (χ1v) is 5.56. The number of nitrogens with zero attached hydrogens (tertiary/aromatic N) is 2. The average Bonchev–Trinajstić information content (AvgIpc) is 2.36. The number of hydrogen-bond donors (Lipinski definition) is 0. The van der Waals surface area contributed by atoms with Crippen LogP contribution in [0, 0.1) is 11.3 Å². The van der Waals surface area contributed by atoms with Gasteiger partial charge in [0.15, 0.2) is 6.10 Å². The lowest BCUT2D eigenvalue weighted by molar-refractivity contribution is -0.137. The maximum Gasteiger partial charge on any atom is 0.264 e. The fourth-order valence-electron chi connectivity index (χ4n) is 1.44. The fourth-order valence-corrected chi connectivity index (χ4v) is 1.44. The molecule has 0 fully saturated rings. The summed E-state index contributed by atoms with van der Waals surface area (Å²) in [6.07, 6.45) is -0.578. The van der Waals surface area contributed by atoms with Crippen molar-refractivity contribution in [3.63, 3.8) is 0 Å². The van der Waals surface area contributed by atoms with E-state index in [1.807, 2.05) is 31.2 Å². The molecule has 0 saturated carbocycles. The molecular formula is C13H16N2O2. The third-order valence-corrected chi connectivity index (χ3v) is 2.36. The third-order valence-electron chi connectivity index (χ3n) is 2.36. The quantitative estimate of drug-likeness (QED) is 0.728. The molecule has 0 N–H and O–H groups in total. The van der Waals surface area contributed by atoms with Crippen LogP contribution in [0.5, 0.6) is 5.75 Å². The molecular weight excluding hydrogens is 216 g/mol. The predicted octanol–water partition coefficient (Wildman–Crippen LogP) is 1.83. The van der Waals surface area contributed by atoms with Gasteiger partial charge in [-0.15, -0.1) is 0 Å². The molecule has 4 nitrogen and oxygen atoms in total. The summed E-state index contributed by atoms with van der Waals surface area (Å²) in [5.74, 6) is 0.485. The SMILES string of the molecule is CCN(CC#N)C(=O)C(C)Oc1ccccc1. The first-order chi connectivity index (χ1) is 8.19. The van der Waals surface area contributed by atoms with Gasteiger partial charge in [0.2, 0.25) is 0 Å². The van der Waals surface area contributed by atoms with Gasteiger partial charge in [0.1, 0.15) is 12.3 Å². The van der Waals surface area contributed by atoms with Gasteiger partial charge in [-0.2, -0.15) is 5.26 Å². The highest BCUT2D eigenvalue weighted by atomic mass is 16.5. The Morgan fingerprint density at radius 1 is 1.47 bits per heavy atom. The van der Waals surface area contributed by atoms with Crippen LogP contribution in [0.4, 0.5) is 0 Å². The normalized spacial score (nSPS) is 11.4. The topological polar surface area (TPSA) is 53.3 Å². The summed E-state index contributed by atoms with van der Waals surface area (Å²) in [7, 11) is 0. The van der Waals surface area contributed by atoms with Gasteiger partial charge in [-0.3, -0.25) is 4.79 Å². The number of hydrogen-bond acceptors (Lipinski definition) is 3. The summed E-state index contributed by atoms with van der Waals surface area (Å²) in [6, 6.07) is 11.1. The van der Waals surface area contributed by atoms with Crippen molar-refractivity contribution >= 4 is 5.91 Å². The Labute approximate surface area is 101 Å². The molecule has 0 aliphatic rings. The second-order valence-electron chi connectivity index (χ2n) is 3.58. The van der Waals surface area contributed by atoms with Crippen molar-refractivity contribution in [2.24, 2.45) is 0 Å². The average molecular weight is 232 g/mol. The monoisotopic (exact) mass is 232 g/mol. The molecule has 17 heavy (non-hydrogen) atoms. The van der Waals surface area contributed by atoms with Crippen molar-refractivity contribution in [3.8, 4) is 11.8 Å². The number of likely N-dealkylation sites (N-methyl/N-ethyl adjacent to an activating group) is 1. The number of benzene rings is 1. The van der Waals surface area contributed by atoms with E-state index < -0.39 is 6.10 Å². The molecule has 0 saturated heterocycles. The van der Waals surface area contributed by atoms with Gasteiger partial charge in [0.25, 0.3) is 5.91 Å². The third kappa shape index (κ3) is 3.80. The van der Waals surface area contributed by atoms with E-state index in [4.69, 9.17) is 10.00 Å². The van der Waals surface area contributed by atoms with E-state index in [1.165, 1.54) is 4.90 Å². The van der Waals surface area contributed by atoms with Gasteiger partial charge >= 0.3 is 0 Å². The van der Waals surface area contributed by atoms with Crippen molar-refractivity contribution in [2.45, 2.75) is 20.0 Å². The van der Waals surface area contributed by atoms with E-state index in [0.717, 1.165) is 0 Å². The van der Waals surface area contributed by atoms with Crippen LogP contribution < -0.4 is 4.74 Å². The maximum atomic E-state index is 11.9. The zero-order valence-electron chi connectivity index (χ0n) is 10.1. The van der Waals surface area contributed by atoms with Crippen LogP contribution in [0.3, 0.4) is 0 Å². The predicted molar refractivity (Wildman–Crippen MR) is 64.4 cm³/mol. The number of amides is 1. The molecule has 0 aromatic heterocycles. The number of rotatable bonds is 5. The molecule has 0 aliphatic heterocycles. The molecule has 1 unspecified atom stereocenters. The van der Waals surface area contributed by atoms with Crippen molar-refractivity contribution in [1.29, 1.82) is 5.26 Å². The van der Waals surface area contributed by atoms with E-state index in [9.17, 15) is 4.79 Å². The summed E-state index contributed by atoms with van der Waals surface area (Å²) in [5.41, 5.74) is 0. The van der Waals surface area contributed by atoms with Gasteiger partial charge in [-0.05, 0) is 26.0 Å². The lowest BCUT2D eigenvalue weighted by atomic mass is 10.3. The number of para-hydroxylation sites is 1. The van der Waals surface area contributed by atoms with Gasteiger partial charge in [-0.25, -0.2) is 0 Å². The Balaban J connectivity index is 2.61. The first-order valence-electron chi connectivity index (χ1n) is 5.56. The van der Waals surface area contributed by atoms with Crippen LogP contribution >= 0.6 is 0 Å².